The molecule has 0 aromatic heterocycles. The van der Waals surface area contributed by atoms with Crippen molar-refractivity contribution in [3.63, 3.8) is 0 Å². The molecule has 0 atom stereocenters. The van der Waals surface area contributed by atoms with Gasteiger partial charge in [0.2, 0.25) is 5.91 Å². The predicted molar refractivity (Wildman–Crippen MR) is 90.8 cm³/mol. The molecule has 1 saturated carbocycles. The minimum Gasteiger partial charge on any atom is -0.379 e. The Morgan fingerprint density at radius 1 is 1.17 bits per heavy atom. The Kier molecular flexibility index (Phi) is 5.13. The molecular formula is C17H24N4O3. The van der Waals surface area contributed by atoms with Crippen LogP contribution in [0.2, 0.25) is 0 Å². The Balaban J connectivity index is 1.44. The van der Waals surface area contributed by atoms with Crippen LogP contribution in [0.5, 0.6) is 0 Å². The van der Waals surface area contributed by atoms with Crippen molar-refractivity contribution in [2.45, 2.75) is 18.4 Å². The van der Waals surface area contributed by atoms with E-state index in [-0.39, 0.29) is 11.8 Å². The molecule has 0 radical (unpaired) electrons. The molecule has 2 amide bonds. The van der Waals surface area contributed by atoms with Gasteiger partial charge in [-0.15, -0.1) is 0 Å². The molecule has 1 aliphatic carbocycles. The summed E-state index contributed by atoms with van der Waals surface area (Å²) in [4.78, 5) is 26.3. The number of nitrogens with two attached hydrogens (primary N) is 1. The number of carbonyl (C=O) groups excluding carboxylic acids is 2. The van der Waals surface area contributed by atoms with Crippen molar-refractivity contribution in [1.82, 2.24) is 10.2 Å². The van der Waals surface area contributed by atoms with E-state index >= 15 is 0 Å². The molecule has 4 N–H and O–H groups in total. The SMILES string of the molecule is NC1(C(=O)Nc2ccc(C(=O)NCCN3CCOCC3)cc2)CC1. The Hall–Kier alpha value is -1.96. The summed E-state index contributed by atoms with van der Waals surface area (Å²) in [5.41, 5.74) is 6.37. The van der Waals surface area contributed by atoms with E-state index in [0.29, 0.717) is 17.8 Å². The monoisotopic (exact) mass is 332 g/mol. The van der Waals surface area contributed by atoms with Gasteiger partial charge in [0, 0.05) is 37.4 Å². The van der Waals surface area contributed by atoms with Gasteiger partial charge in [-0.3, -0.25) is 14.5 Å². The zero-order chi connectivity index (χ0) is 17.0. The molecule has 130 valence electrons. The van der Waals surface area contributed by atoms with E-state index in [2.05, 4.69) is 15.5 Å². The molecule has 1 aromatic carbocycles. The maximum Gasteiger partial charge on any atom is 0.251 e. The lowest BCUT2D eigenvalue weighted by Gasteiger charge is -2.26. The van der Waals surface area contributed by atoms with Crippen LogP contribution in [0.15, 0.2) is 24.3 Å². The molecule has 24 heavy (non-hydrogen) atoms. The summed E-state index contributed by atoms with van der Waals surface area (Å²) in [6, 6.07) is 6.85. The Morgan fingerprint density at radius 3 is 2.46 bits per heavy atom. The van der Waals surface area contributed by atoms with E-state index in [0.717, 1.165) is 45.7 Å². The van der Waals surface area contributed by atoms with Crippen LogP contribution in [-0.2, 0) is 9.53 Å². The molecule has 0 unspecified atom stereocenters. The fraction of sp³-hybridized carbons (Fsp3) is 0.529. The third-order valence-corrected chi connectivity index (χ3v) is 4.46. The van der Waals surface area contributed by atoms with Crippen LogP contribution in [0.4, 0.5) is 5.69 Å². The lowest BCUT2D eigenvalue weighted by atomic mass is 10.2. The van der Waals surface area contributed by atoms with E-state index in [1.807, 2.05) is 0 Å². The number of benzene rings is 1. The van der Waals surface area contributed by atoms with Crippen molar-refractivity contribution in [3.8, 4) is 0 Å². The predicted octanol–water partition coefficient (Wildman–Crippen LogP) is 0.178. The van der Waals surface area contributed by atoms with Crippen LogP contribution in [0.1, 0.15) is 23.2 Å². The van der Waals surface area contributed by atoms with Gasteiger partial charge in [-0.2, -0.15) is 0 Å². The van der Waals surface area contributed by atoms with Gasteiger partial charge in [0.05, 0.1) is 18.8 Å². The minimum absolute atomic E-state index is 0.112. The van der Waals surface area contributed by atoms with Crippen LogP contribution >= 0.6 is 0 Å². The van der Waals surface area contributed by atoms with Gasteiger partial charge in [-0.1, -0.05) is 0 Å². The molecule has 1 aliphatic heterocycles. The maximum atomic E-state index is 12.1. The molecule has 1 saturated heterocycles. The smallest absolute Gasteiger partial charge is 0.251 e. The molecule has 1 heterocycles. The zero-order valence-corrected chi connectivity index (χ0v) is 13.7. The van der Waals surface area contributed by atoms with Crippen molar-refractivity contribution in [3.05, 3.63) is 29.8 Å². The molecule has 0 spiro atoms. The second kappa shape index (κ2) is 7.29. The van der Waals surface area contributed by atoms with Gasteiger partial charge < -0.3 is 21.1 Å². The quantitative estimate of drug-likeness (QED) is 0.690. The van der Waals surface area contributed by atoms with Crippen molar-refractivity contribution < 1.29 is 14.3 Å². The summed E-state index contributed by atoms with van der Waals surface area (Å²) in [7, 11) is 0. The Labute approximate surface area is 141 Å². The van der Waals surface area contributed by atoms with E-state index in [4.69, 9.17) is 10.5 Å². The van der Waals surface area contributed by atoms with Gasteiger partial charge in [-0.25, -0.2) is 0 Å². The maximum absolute atomic E-state index is 12.1. The number of nitrogens with one attached hydrogen (secondary N) is 2. The molecule has 3 rings (SSSR count). The number of anilines is 1. The van der Waals surface area contributed by atoms with E-state index in [1.165, 1.54) is 0 Å². The van der Waals surface area contributed by atoms with Crippen LogP contribution < -0.4 is 16.4 Å². The van der Waals surface area contributed by atoms with Crippen LogP contribution in [0.25, 0.3) is 0 Å². The second-order valence-electron chi connectivity index (χ2n) is 6.40. The van der Waals surface area contributed by atoms with Crippen molar-refractivity contribution in [2.24, 2.45) is 5.73 Å². The molecule has 0 bridgehead atoms. The number of rotatable bonds is 6. The Bertz CT molecular complexity index is 592. The van der Waals surface area contributed by atoms with Crippen molar-refractivity contribution in [1.29, 1.82) is 0 Å². The first-order valence-electron chi connectivity index (χ1n) is 8.35. The summed E-state index contributed by atoms with van der Waals surface area (Å²) in [6.07, 6.45) is 1.45. The van der Waals surface area contributed by atoms with E-state index in [1.54, 1.807) is 24.3 Å². The molecule has 7 nitrogen and oxygen atoms in total. The minimum atomic E-state index is -0.699. The lowest BCUT2D eigenvalue weighted by Crippen LogP contribution is -2.41. The highest BCUT2D eigenvalue weighted by molar-refractivity contribution is 6.00. The first-order chi connectivity index (χ1) is 11.6. The topological polar surface area (TPSA) is 96.7 Å². The molecular weight excluding hydrogens is 308 g/mol. The number of amides is 2. The largest absolute Gasteiger partial charge is 0.379 e. The third kappa shape index (κ3) is 4.31. The number of carbonyl (C=O) groups is 2. The fourth-order valence-corrected chi connectivity index (χ4v) is 2.58. The lowest BCUT2D eigenvalue weighted by molar-refractivity contribution is -0.118. The number of morpholine rings is 1. The van der Waals surface area contributed by atoms with Crippen LogP contribution in [-0.4, -0.2) is 61.6 Å². The first-order valence-corrected chi connectivity index (χ1v) is 8.35. The summed E-state index contributed by atoms with van der Waals surface area (Å²) in [5.74, 6) is -0.274. The van der Waals surface area contributed by atoms with Crippen molar-refractivity contribution >= 4 is 17.5 Å². The number of hydrogen-bond donors (Lipinski definition) is 3. The molecule has 1 aromatic rings. The first kappa shape index (κ1) is 16.9. The number of nitrogens with zero attached hydrogens (tertiary/aromatic N) is 1. The number of ether oxygens (including phenoxy) is 1. The third-order valence-electron chi connectivity index (χ3n) is 4.46. The average molecular weight is 332 g/mol. The van der Waals surface area contributed by atoms with Gasteiger partial charge in [0.15, 0.2) is 0 Å². The highest BCUT2D eigenvalue weighted by Crippen LogP contribution is 2.33. The highest BCUT2D eigenvalue weighted by atomic mass is 16.5. The van der Waals surface area contributed by atoms with Gasteiger partial charge in [0.25, 0.3) is 5.91 Å². The molecule has 2 fully saturated rings. The Morgan fingerprint density at radius 2 is 1.83 bits per heavy atom. The standard InChI is InChI=1S/C17H24N4O3/c18-17(5-6-17)16(23)20-14-3-1-13(2-4-14)15(22)19-7-8-21-9-11-24-12-10-21/h1-4H,5-12,18H2,(H,19,22)(H,20,23). The molecule has 7 heteroatoms. The summed E-state index contributed by atoms with van der Waals surface area (Å²) in [6.45, 7) is 4.76. The summed E-state index contributed by atoms with van der Waals surface area (Å²) < 4.78 is 5.29. The average Bonchev–Trinajstić information content (AvgIpc) is 3.35. The van der Waals surface area contributed by atoms with Crippen LogP contribution in [0.3, 0.4) is 0 Å². The summed E-state index contributed by atoms with van der Waals surface area (Å²) >= 11 is 0. The summed E-state index contributed by atoms with van der Waals surface area (Å²) in [5, 5.41) is 5.69. The van der Waals surface area contributed by atoms with Gasteiger partial charge >= 0.3 is 0 Å². The fourth-order valence-electron chi connectivity index (χ4n) is 2.58. The zero-order valence-electron chi connectivity index (χ0n) is 13.7. The van der Waals surface area contributed by atoms with E-state index < -0.39 is 5.54 Å². The van der Waals surface area contributed by atoms with Gasteiger partial charge in [0.1, 0.15) is 0 Å². The number of hydrogen-bond acceptors (Lipinski definition) is 5. The van der Waals surface area contributed by atoms with Crippen molar-refractivity contribution in [2.75, 3.05) is 44.7 Å². The highest BCUT2D eigenvalue weighted by Gasteiger charge is 2.45. The van der Waals surface area contributed by atoms with E-state index in [9.17, 15) is 9.59 Å². The molecule has 2 aliphatic rings. The second-order valence-corrected chi connectivity index (χ2v) is 6.40. The normalized spacial score (nSPS) is 19.5. The van der Waals surface area contributed by atoms with Crippen LogP contribution in [0, 0.1) is 0 Å². The van der Waals surface area contributed by atoms with Gasteiger partial charge in [-0.05, 0) is 37.1 Å².